The lowest BCUT2D eigenvalue weighted by molar-refractivity contribution is -0.124. The van der Waals surface area contributed by atoms with Gasteiger partial charge < -0.3 is 4.90 Å². The summed E-state index contributed by atoms with van der Waals surface area (Å²) in [7, 11) is 2.10. The Bertz CT molecular complexity index is 463. The highest BCUT2D eigenvalue weighted by Crippen LogP contribution is 2.46. The molecule has 0 aliphatic carbocycles. The number of hydrazine groups is 1. The normalized spacial score (nSPS) is 23.2. The molecule has 0 bridgehead atoms. The van der Waals surface area contributed by atoms with Crippen LogP contribution in [0.1, 0.15) is 18.4 Å². The van der Waals surface area contributed by atoms with Gasteiger partial charge in [-0.25, -0.2) is 10.9 Å². The van der Waals surface area contributed by atoms with E-state index < -0.39 is 0 Å². The molecule has 2 heterocycles. The number of anilines is 1. The molecule has 1 spiro atoms. The summed E-state index contributed by atoms with van der Waals surface area (Å²) in [5, 5.41) is 1.33. The van der Waals surface area contributed by atoms with Crippen molar-refractivity contribution >= 4 is 11.6 Å². The number of likely N-dealkylation sites (tertiary alicyclic amines) is 1. The number of benzene rings is 1. The fraction of sp³-hybridized carbons (Fsp3) is 0.462. The summed E-state index contributed by atoms with van der Waals surface area (Å²) in [6.07, 6.45) is 1.74. The second kappa shape index (κ2) is 3.55. The number of carbonyl (C=O) groups is 1. The van der Waals surface area contributed by atoms with E-state index in [2.05, 4.69) is 11.9 Å². The molecular formula is C13H17N3O. The Morgan fingerprint density at radius 2 is 1.88 bits per heavy atom. The molecule has 90 valence electrons. The Labute approximate surface area is 101 Å². The molecule has 2 N–H and O–H groups in total. The average Bonchev–Trinajstić information content (AvgIpc) is 2.57. The quantitative estimate of drug-likeness (QED) is 0.532. The summed E-state index contributed by atoms with van der Waals surface area (Å²) in [4.78, 5) is 14.7. The van der Waals surface area contributed by atoms with Gasteiger partial charge >= 0.3 is 0 Å². The van der Waals surface area contributed by atoms with Crippen molar-refractivity contribution in [2.75, 3.05) is 25.1 Å². The second-order valence-electron chi connectivity index (χ2n) is 5.08. The highest BCUT2D eigenvalue weighted by molar-refractivity contribution is 6.07. The van der Waals surface area contributed by atoms with Crippen LogP contribution >= 0.6 is 0 Å². The number of rotatable bonds is 0. The molecule has 1 aromatic carbocycles. The third-order valence-corrected chi connectivity index (χ3v) is 4.15. The van der Waals surface area contributed by atoms with Gasteiger partial charge in [-0.2, -0.15) is 0 Å². The molecule has 17 heavy (non-hydrogen) atoms. The molecule has 0 aromatic heterocycles. The predicted molar refractivity (Wildman–Crippen MR) is 66.5 cm³/mol. The van der Waals surface area contributed by atoms with Crippen molar-refractivity contribution in [1.82, 2.24) is 4.90 Å². The van der Waals surface area contributed by atoms with Gasteiger partial charge in [0.1, 0.15) is 0 Å². The Morgan fingerprint density at radius 3 is 2.59 bits per heavy atom. The minimum absolute atomic E-state index is 0.0619. The lowest BCUT2D eigenvalue weighted by atomic mass is 9.74. The van der Waals surface area contributed by atoms with Gasteiger partial charge in [-0.1, -0.05) is 18.2 Å². The van der Waals surface area contributed by atoms with Gasteiger partial charge in [-0.05, 0) is 44.6 Å². The smallest absolute Gasteiger partial charge is 0.251 e. The van der Waals surface area contributed by atoms with Gasteiger partial charge in [0.25, 0.3) is 5.91 Å². The highest BCUT2D eigenvalue weighted by atomic mass is 16.2. The first-order valence-corrected chi connectivity index (χ1v) is 6.02. The molecule has 1 aromatic rings. The predicted octanol–water partition coefficient (Wildman–Crippen LogP) is 0.870. The van der Waals surface area contributed by atoms with Crippen LogP contribution < -0.4 is 10.9 Å². The molecule has 0 radical (unpaired) electrons. The fourth-order valence-corrected chi connectivity index (χ4v) is 3.03. The van der Waals surface area contributed by atoms with Crippen LogP contribution in [-0.4, -0.2) is 30.9 Å². The van der Waals surface area contributed by atoms with Crippen molar-refractivity contribution in [3.05, 3.63) is 29.8 Å². The van der Waals surface area contributed by atoms with Crippen LogP contribution in [0.2, 0.25) is 0 Å². The van der Waals surface area contributed by atoms with Gasteiger partial charge in [0.15, 0.2) is 0 Å². The molecule has 4 heteroatoms. The summed E-state index contributed by atoms with van der Waals surface area (Å²) < 4.78 is 0. The lowest BCUT2D eigenvalue weighted by Crippen LogP contribution is -2.49. The number of hydrogen-bond donors (Lipinski definition) is 1. The van der Waals surface area contributed by atoms with E-state index in [1.165, 1.54) is 5.01 Å². The van der Waals surface area contributed by atoms with Crippen LogP contribution in [0.5, 0.6) is 0 Å². The molecule has 2 aliphatic rings. The molecule has 1 saturated heterocycles. The van der Waals surface area contributed by atoms with Gasteiger partial charge in [0, 0.05) is 0 Å². The van der Waals surface area contributed by atoms with E-state index >= 15 is 0 Å². The fourth-order valence-electron chi connectivity index (χ4n) is 3.03. The summed E-state index contributed by atoms with van der Waals surface area (Å²) in [6.45, 7) is 1.90. The summed E-state index contributed by atoms with van der Waals surface area (Å²) in [5.74, 6) is 5.96. The van der Waals surface area contributed by atoms with Crippen LogP contribution in [0.25, 0.3) is 0 Å². The molecular weight excluding hydrogens is 214 g/mol. The summed E-state index contributed by atoms with van der Waals surface area (Å²) in [5.41, 5.74) is 1.63. The first kappa shape index (κ1) is 10.7. The number of carbonyl (C=O) groups excluding carboxylic acids is 1. The van der Waals surface area contributed by atoms with Crippen LogP contribution in [0.15, 0.2) is 24.3 Å². The molecule has 2 aliphatic heterocycles. The number of nitrogens with two attached hydrogens (primary N) is 1. The zero-order chi connectivity index (χ0) is 12.0. The Morgan fingerprint density at radius 1 is 1.24 bits per heavy atom. The molecule has 1 amide bonds. The first-order chi connectivity index (χ1) is 8.15. The van der Waals surface area contributed by atoms with Crippen molar-refractivity contribution in [2.45, 2.75) is 18.3 Å². The van der Waals surface area contributed by atoms with Crippen molar-refractivity contribution in [2.24, 2.45) is 5.84 Å². The van der Waals surface area contributed by atoms with E-state index in [4.69, 9.17) is 5.84 Å². The largest absolute Gasteiger partial charge is 0.306 e. The van der Waals surface area contributed by atoms with Gasteiger partial charge in [-0.3, -0.25) is 4.79 Å². The number of piperidine rings is 1. The Kier molecular flexibility index (Phi) is 2.24. The second-order valence-corrected chi connectivity index (χ2v) is 5.08. The van der Waals surface area contributed by atoms with E-state index in [1.54, 1.807) is 0 Å². The number of para-hydroxylation sites is 1. The average molecular weight is 231 g/mol. The van der Waals surface area contributed by atoms with E-state index in [1.807, 2.05) is 24.3 Å². The molecule has 3 rings (SSSR count). The maximum absolute atomic E-state index is 12.4. The van der Waals surface area contributed by atoms with E-state index in [0.29, 0.717) is 0 Å². The highest BCUT2D eigenvalue weighted by Gasteiger charge is 2.50. The number of amides is 1. The van der Waals surface area contributed by atoms with Crippen molar-refractivity contribution < 1.29 is 4.79 Å². The maximum Gasteiger partial charge on any atom is 0.251 e. The molecule has 1 fully saturated rings. The third-order valence-electron chi connectivity index (χ3n) is 4.15. The lowest BCUT2D eigenvalue weighted by Gasteiger charge is -2.36. The molecule has 4 nitrogen and oxygen atoms in total. The summed E-state index contributed by atoms with van der Waals surface area (Å²) in [6, 6.07) is 7.90. The zero-order valence-corrected chi connectivity index (χ0v) is 10.0. The number of fused-ring (bicyclic) bond motifs is 2. The molecule has 0 unspecified atom stereocenters. The molecule has 0 atom stereocenters. The Hall–Kier alpha value is -1.39. The summed E-state index contributed by atoms with van der Waals surface area (Å²) >= 11 is 0. The standard InChI is InChI=1S/C13H17N3O/c1-15-8-6-13(7-9-15)10-4-2-3-5-11(10)16(14)12(13)17/h2-5H,6-9,14H2,1H3. The van der Waals surface area contributed by atoms with Crippen LogP contribution in [-0.2, 0) is 10.2 Å². The SMILES string of the molecule is CN1CCC2(CC1)C(=O)N(N)c1ccccc12. The minimum Gasteiger partial charge on any atom is -0.306 e. The van der Waals surface area contributed by atoms with Gasteiger partial charge in [0.2, 0.25) is 0 Å². The van der Waals surface area contributed by atoms with Gasteiger partial charge in [-0.15, -0.1) is 0 Å². The number of nitrogens with zero attached hydrogens (tertiary/aromatic N) is 2. The van der Waals surface area contributed by atoms with E-state index in [9.17, 15) is 4.79 Å². The zero-order valence-electron chi connectivity index (χ0n) is 10.0. The van der Waals surface area contributed by atoms with Crippen LogP contribution in [0.3, 0.4) is 0 Å². The van der Waals surface area contributed by atoms with Gasteiger partial charge in [0.05, 0.1) is 11.1 Å². The Balaban J connectivity index is 2.09. The molecule has 0 saturated carbocycles. The van der Waals surface area contributed by atoms with E-state index in [-0.39, 0.29) is 11.3 Å². The van der Waals surface area contributed by atoms with Crippen molar-refractivity contribution in [1.29, 1.82) is 0 Å². The van der Waals surface area contributed by atoms with Crippen molar-refractivity contribution in [3.8, 4) is 0 Å². The third kappa shape index (κ3) is 1.34. The first-order valence-electron chi connectivity index (χ1n) is 6.02. The van der Waals surface area contributed by atoms with Crippen LogP contribution in [0, 0.1) is 0 Å². The minimum atomic E-state index is -0.363. The monoisotopic (exact) mass is 231 g/mol. The topological polar surface area (TPSA) is 49.6 Å². The van der Waals surface area contributed by atoms with Crippen molar-refractivity contribution in [3.63, 3.8) is 0 Å². The van der Waals surface area contributed by atoms with Crippen LogP contribution in [0.4, 0.5) is 5.69 Å². The number of hydrogen-bond acceptors (Lipinski definition) is 3. The maximum atomic E-state index is 12.4. The van der Waals surface area contributed by atoms with E-state index in [0.717, 1.165) is 37.2 Å².